The number of rotatable bonds is 7. The molecule has 2 amide bonds. The van der Waals surface area contributed by atoms with Crippen LogP contribution in [0, 0.1) is 5.92 Å². The summed E-state index contributed by atoms with van der Waals surface area (Å²) in [6, 6.07) is -0.0220. The molecule has 0 radical (unpaired) electrons. The van der Waals surface area contributed by atoms with E-state index in [1.54, 1.807) is 4.90 Å². The Balaban J connectivity index is 1.38. The zero-order valence-corrected chi connectivity index (χ0v) is 14.9. The Morgan fingerprint density at radius 1 is 1.36 bits per heavy atom. The average Bonchev–Trinajstić information content (AvgIpc) is 3.29. The Hall–Kier alpha value is -1.67. The number of nitrogens with one attached hydrogen (secondary N) is 1. The minimum atomic E-state index is -0.0220. The van der Waals surface area contributed by atoms with Crippen molar-refractivity contribution in [3.63, 3.8) is 0 Å². The van der Waals surface area contributed by atoms with Crippen molar-refractivity contribution < 1.29 is 18.8 Å². The second-order valence-electron chi connectivity index (χ2n) is 6.70. The SMILES string of the molecule is CCNC(=O)N1CCC(c2nc(CCOCC3CCOCC3)no2)C1. The van der Waals surface area contributed by atoms with Crippen molar-refractivity contribution in [2.45, 2.75) is 38.5 Å². The molecule has 0 saturated carbocycles. The largest absolute Gasteiger partial charge is 0.381 e. The fourth-order valence-electron chi connectivity index (χ4n) is 3.27. The maximum Gasteiger partial charge on any atom is 0.317 e. The van der Waals surface area contributed by atoms with Gasteiger partial charge in [0.25, 0.3) is 0 Å². The van der Waals surface area contributed by atoms with Crippen molar-refractivity contribution >= 4 is 6.03 Å². The van der Waals surface area contributed by atoms with Gasteiger partial charge in [0.2, 0.25) is 5.89 Å². The van der Waals surface area contributed by atoms with Crippen LogP contribution in [-0.2, 0) is 15.9 Å². The summed E-state index contributed by atoms with van der Waals surface area (Å²) in [5, 5.41) is 6.87. The van der Waals surface area contributed by atoms with Gasteiger partial charge in [-0.25, -0.2) is 4.79 Å². The molecule has 2 aliphatic heterocycles. The summed E-state index contributed by atoms with van der Waals surface area (Å²) in [5.74, 6) is 2.05. The highest BCUT2D eigenvalue weighted by molar-refractivity contribution is 5.74. The standard InChI is InChI=1S/C17H28N4O4/c1-2-18-17(22)21-7-3-14(11-21)16-19-15(20-25-16)6-10-24-12-13-4-8-23-9-5-13/h13-14H,2-12H2,1H3,(H,18,22). The van der Waals surface area contributed by atoms with Crippen LogP contribution in [0.15, 0.2) is 4.52 Å². The highest BCUT2D eigenvalue weighted by Gasteiger charge is 2.30. The van der Waals surface area contributed by atoms with E-state index in [4.69, 9.17) is 14.0 Å². The maximum absolute atomic E-state index is 11.9. The number of aromatic nitrogens is 2. The van der Waals surface area contributed by atoms with E-state index in [0.717, 1.165) is 45.6 Å². The van der Waals surface area contributed by atoms with Gasteiger partial charge in [0.1, 0.15) is 0 Å². The first kappa shape index (κ1) is 18.1. The van der Waals surface area contributed by atoms with Gasteiger partial charge in [0.15, 0.2) is 5.82 Å². The van der Waals surface area contributed by atoms with Crippen LogP contribution < -0.4 is 5.32 Å². The molecule has 3 heterocycles. The minimum Gasteiger partial charge on any atom is -0.381 e. The molecule has 2 fully saturated rings. The van der Waals surface area contributed by atoms with Crippen molar-refractivity contribution in [2.24, 2.45) is 5.92 Å². The Kier molecular flexibility index (Phi) is 6.63. The predicted octanol–water partition coefficient (Wildman–Crippen LogP) is 1.57. The lowest BCUT2D eigenvalue weighted by atomic mass is 10.0. The zero-order valence-electron chi connectivity index (χ0n) is 14.9. The van der Waals surface area contributed by atoms with E-state index in [0.29, 0.717) is 43.8 Å². The molecule has 2 aliphatic rings. The number of likely N-dealkylation sites (tertiary alicyclic amines) is 1. The van der Waals surface area contributed by atoms with Crippen molar-refractivity contribution in [3.05, 3.63) is 11.7 Å². The van der Waals surface area contributed by atoms with Crippen LogP contribution >= 0.6 is 0 Å². The maximum atomic E-state index is 11.9. The lowest BCUT2D eigenvalue weighted by Crippen LogP contribution is -2.38. The molecule has 140 valence electrons. The molecule has 0 spiro atoms. The number of urea groups is 1. The number of hydrogen-bond acceptors (Lipinski definition) is 6. The van der Waals surface area contributed by atoms with Crippen molar-refractivity contribution in [3.8, 4) is 0 Å². The lowest BCUT2D eigenvalue weighted by molar-refractivity contribution is 0.0211. The number of amides is 2. The summed E-state index contributed by atoms with van der Waals surface area (Å²) in [6.07, 6.45) is 3.67. The van der Waals surface area contributed by atoms with E-state index in [-0.39, 0.29) is 11.9 Å². The second-order valence-corrected chi connectivity index (χ2v) is 6.70. The lowest BCUT2D eigenvalue weighted by Gasteiger charge is -2.21. The van der Waals surface area contributed by atoms with E-state index >= 15 is 0 Å². The van der Waals surface area contributed by atoms with Crippen LogP contribution in [0.2, 0.25) is 0 Å². The van der Waals surface area contributed by atoms with Gasteiger partial charge < -0.3 is 24.2 Å². The Labute approximate surface area is 148 Å². The summed E-state index contributed by atoms with van der Waals surface area (Å²) in [7, 11) is 0. The fraction of sp³-hybridized carbons (Fsp3) is 0.824. The third kappa shape index (κ3) is 5.15. The molecule has 1 unspecified atom stereocenters. The zero-order chi connectivity index (χ0) is 17.5. The molecule has 1 atom stereocenters. The molecule has 1 N–H and O–H groups in total. The first-order valence-corrected chi connectivity index (χ1v) is 9.27. The molecule has 1 aromatic rings. The van der Waals surface area contributed by atoms with E-state index < -0.39 is 0 Å². The first-order chi connectivity index (χ1) is 12.3. The Morgan fingerprint density at radius 3 is 3.00 bits per heavy atom. The third-order valence-corrected chi connectivity index (χ3v) is 4.80. The molecule has 0 aromatic carbocycles. The molecule has 8 heteroatoms. The van der Waals surface area contributed by atoms with Crippen molar-refractivity contribution in [1.82, 2.24) is 20.4 Å². The van der Waals surface area contributed by atoms with Gasteiger partial charge in [0.05, 0.1) is 12.5 Å². The smallest absolute Gasteiger partial charge is 0.317 e. The van der Waals surface area contributed by atoms with Crippen LogP contribution in [-0.4, -0.2) is 67.1 Å². The highest BCUT2D eigenvalue weighted by atomic mass is 16.5. The van der Waals surface area contributed by atoms with Crippen molar-refractivity contribution in [1.29, 1.82) is 0 Å². The van der Waals surface area contributed by atoms with Crippen LogP contribution in [0.5, 0.6) is 0 Å². The second kappa shape index (κ2) is 9.15. The highest BCUT2D eigenvalue weighted by Crippen LogP contribution is 2.26. The number of ether oxygens (including phenoxy) is 2. The molecule has 0 aliphatic carbocycles. The van der Waals surface area contributed by atoms with Crippen LogP contribution in [0.1, 0.15) is 43.8 Å². The predicted molar refractivity (Wildman–Crippen MR) is 90.4 cm³/mol. The monoisotopic (exact) mass is 352 g/mol. The summed E-state index contributed by atoms with van der Waals surface area (Å²) >= 11 is 0. The number of nitrogens with zero attached hydrogens (tertiary/aromatic N) is 3. The molecular weight excluding hydrogens is 324 g/mol. The fourth-order valence-corrected chi connectivity index (χ4v) is 3.27. The van der Waals surface area contributed by atoms with Gasteiger partial charge >= 0.3 is 6.03 Å². The van der Waals surface area contributed by atoms with E-state index in [1.807, 2.05) is 6.92 Å². The van der Waals surface area contributed by atoms with Crippen LogP contribution in [0.25, 0.3) is 0 Å². The van der Waals surface area contributed by atoms with Crippen molar-refractivity contribution in [2.75, 3.05) is 46.1 Å². The molecular formula is C17H28N4O4. The summed E-state index contributed by atoms with van der Waals surface area (Å²) in [6.45, 7) is 6.98. The molecule has 0 bridgehead atoms. The van der Waals surface area contributed by atoms with Gasteiger partial charge in [0, 0.05) is 45.9 Å². The molecule has 3 rings (SSSR count). The normalized spacial score (nSPS) is 21.6. The van der Waals surface area contributed by atoms with E-state index in [9.17, 15) is 4.79 Å². The number of carbonyl (C=O) groups excluding carboxylic acids is 1. The Bertz CT molecular complexity index is 545. The third-order valence-electron chi connectivity index (χ3n) is 4.80. The topological polar surface area (TPSA) is 89.7 Å². The minimum absolute atomic E-state index is 0.0220. The molecule has 25 heavy (non-hydrogen) atoms. The van der Waals surface area contributed by atoms with Gasteiger partial charge in [-0.15, -0.1) is 0 Å². The first-order valence-electron chi connectivity index (χ1n) is 9.27. The number of carbonyl (C=O) groups is 1. The summed E-state index contributed by atoms with van der Waals surface area (Å²) in [4.78, 5) is 18.1. The van der Waals surface area contributed by atoms with Gasteiger partial charge in [-0.05, 0) is 32.1 Å². The number of hydrogen-bond donors (Lipinski definition) is 1. The quantitative estimate of drug-likeness (QED) is 0.749. The van der Waals surface area contributed by atoms with Gasteiger partial charge in [-0.2, -0.15) is 4.98 Å². The Morgan fingerprint density at radius 2 is 2.20 bits per heavy atom. The van der Waals surface area contributed by atoms with Crippen LogP contribution in [0.3, 0.4) is 0 Å². The molecule has 2 saturated heterocycles. The molecule has 8 nitrogen and oxygen atoms in total. The van der Waals surface area contributed by atoms with Gasteiger partial charge in [-0.3, -0.25) is 0 Å². The average molecular weight is 352 g/mol. The summed E-state index contributed by atoms with van der Waals surface area (Å²) < 4.78 is 16.5. The van der Waals surface area contributed by atoms with Gasteiger partial charge in [-0.1, -0.05) is 5.16 Å². The van der Waals surface area contributed by atoms with E-state index in [2.05, 4.69) is 15.5 Å². The molecule has 1 aromatic heterocycles. The van der Waals surface area contributed by atoms with E-state index in [1.165, 1.54) is 0 Å². The summed E-state index contributed by atoms with van der Waals surface area (Å²) in [5.41, 5.74) is 0. The van der Waals surface area contributed by atoms with Crippen LogP contribution in [0.4, 0.5) is 4.79 Å².